The monoisotopic (exact) mass is 767 g/mol. The Kier molecular flexibility index (Phi) is 10.9. The van der Waals surface area contributed by atoms with Gasteiger partial charge in [0.1, 0.15) is 5.69 Å². The lowest BCUT2D eigenvalue weighted by molar-refractivity contribution is -0.387. The van der Waals surface area contributed by atoms with Crippen molar-refractivity contribution in [1.82, 2.24) is 19.3 Å². The highest BCUT2D eigenvalue weighted by molar-refractivity contribution is 7.91. The van der Waals surface area contributed by atoms with E-state index in [2.05, 4.69) is 15.3 Å². The van der Waals surface area contributed by atoms with E-state index in [4.69, 9.17) is 0 Å². The Morgan fingerprint density at radius 1 is 0.788 bits per heavy atom. The van der Waals surface area contributed by atoms with E-state index in [1.165, 1.54) is 0 Å². The summed E-state index contributed by atoms with van der Waals surface area (Å²) in [6.07, 6.45) is 1.82. The summed E-state index contributed by atoms with van der Waals surface area (Å²) in [5.74, 6) is -1.29. The number of nitro groups is 2. The van der Waals surface area contributed by atoms with Crippen LogP contribution >= 0.6 is 0 Å². The van der Waals surface area contributed by atoms with Gasteiger partial charge in [-0.15, -0.1) is 0 Å². The molecule has 0 unspecified atom stereocenters. The van der Waals surface area contributed by atoms with Gasteiger partial charge in [-0.25, -0.2) is 36.1 Å². The van der Waals surface area contributed by atoms with Gasteiger partial charge in [-0.05, 0) is 24.1 Å². The molecule has 5 rings (SSSR count). The molecule has 52 heavy (non-hydrogen) atoms. The molecule has 0 radical (unpaired) electrons. The first-order valence-electron chi connectivity index (χ1n) is 14.2. The summed E-state index contributed by atoms with van der Waals surface area (Å²) in [4.78, 5) is 76.5. The maximum atomic E-state index is 13.5. The fraction of sp³-hybridized carbons (Fsp3) is 0.185. The molecule has 2 aromatic heterocycles. The molecule has 0 saturated carbocycles. The van der Waals surface area contributed by atoms with Gasteiger partial charge in [-0.1, -0.05) is 30.3 Å². The fourth-order valence-electron chi connectivity index (χ4n) is 4.66. The van der Waals surface area contributed by atoms with E-state index in [0.29, 0.717) is 24.8 Å². The average molecular weight is 768 g/mol. The maximum absolute atomic E-state index is 13.5. The van der Waals surface area contributed by atoms with Crippen LogP contribution in [0.1, 0.15) is 5.56 Å². The fourth-order valence-corrected chi connectivity index (χ4v) is 5.66. The number of sulfonamides is 2. The highest BCUT2D eigenvalue weighted by atomic mass is 32.2. The zero-order valence-corrected chi connectivity index (χ0v) is 28.2. The first-order valence-corrected chi connectivity index (χ1v) is 17.9. The van der Waals surface area contributed by atoms with Crippen LogP contribution in [0.25, 0.3) is 21.8 Å². The molecule has 0 saturated heterocycles. The number of hydrogen-bond acceptors (Lipinski definition) is 14. The third kappa shape index (κ3) is 9.00. The van der Waals surface area contributed by atoms with E-state index in [0.717, 1.165) is 24.0 Å². The first kappa shape index (κ1) is 38.3. The molecule has 2 heterocycles. The summed E-state index contributed by atoms with van der Waals surface area (Å²) in [5.41, 5.74) is -5.40. The minimum Gasteiger partial charge on any atom is -0.394 e. The Bertz CT molecular complexity index is 2690. The molecule has 0 aliphatic heterocycles. The van der Waals surface area contributed by atoms with Gasteiger partial charge in [0.25, 0.3) is 16.8 Å². The zero-order chi connectivity index (χ0) is 38.7. The largest absolute Gasteiger partial charge is 0.394 e. The van der Waals surface area contributed by atoms with Crippen molar-refractivity contribution in [1.29, 1.82) is 0 Å². The standard InChI is InChI=1S/C18H19N5O7S.C9H7FN4O6S/c1-31(29,30)21-22-17(25)13-8-15(16(23(27)28)9-14(13)20-18(22)26)19-12(10-24)7-11-5-3-2-4-6-11;1-21(19,20)12-13-8(15)4-2-5(10)7(14(17)18)3-6(4)11-9(13)16/h2-6,8-9,12,19,21,24H,7,10H2,1H3,(H,20,26);2-3,12H,1H3,(H,11,16)/t12-;/m1./s1. The van der Waals surface area contributed by atoms with Crippen LogP contribution in [-0.4, -0.2) is 76.3 Å². The predicted octanol–water partition coefficient (Wildman–Crippen LogP) is -0.643. The summed E-state index contributed by atoms with van der Waals surface area (Å²) >= 11 is 0. The number of aliphatic hydroxyl groups excluding tert-OH is 1. The van der Waals surface area contributed by atoms with Gasteiger partial charge >= 0.3 is 17.1 Å². The lowest BCUT2D eigenvalue weighted by Gasteiger charge is -2.18. The smallest absolute Gasteiger partial charge is 0.348 e. The number of nitro benzene ring substituents is 2. The molecule has 0 fully saturated rings. The second-order valence-electron chi connectivity index (χ2n) is 10.9. The molecule has 0 aliphatic carbocycles. The highest BCUT2D eigenvalue weighted by Crippen LogP contribution is 2.29. The molecule has 0 spiro atoms. The Balaban J connectivity index is 0.000000251. The normalized spacial score (nSPS) is 12.1. The molecule has 6 N–H and O–H groups in total. The third-order valence-electron chi connectivity index (χ3n) is 6.79. The number of fused-ring (bicyclic) bond motifs is 2. The molecule has 3 aromatic carbocycles. The van der Waals surface area contributed by atoms with Crippen LogP contribution in [0.4, 0.5) is 21.5 Å². The molecule has 25 heteroatoms. The van der Waals surface area contributed by atoms with Crippen LogP contribution in [0.3, 0.4) is 0 Å². The van der Waals surface area contributed by atoms with Gasteiger partial charge in [-0.3, -0.25) is 29.8 Å². The van der Waals surface area contributed by atoms with Gasteiger partial charge in [0.2, 0.25) is 25.9 Å². The molecule has 0 aliphatic rings. The number of anilines is 1. The molecule has 276 valence electrons. The lowest BCUT2D eigenvalue weighted by atomic mass is 10.1. The Morgan fingerprint density at radius 2 is 1.25 bits per heavy atom. The van der Waals surface area contributed by atoms with E-state index in [-0.39, 0.29) is 38.1 Å². The lowest BCUT2D eigenvalue weighted by Crippen LogP contribution is -2.43. The van der Waals surface area contributed by atoms with Crippen molar-refractivity contribution in [2.45, 2.75) is 12.5 Å². The Labute approximate surface area is 288 Å². The molecule has 1 atom stereocenters. The van der Waals surface area contributed by atoms with Crippen molar-refractivity contribution < 1.29 is 36.2 Å². The molecule has 22 nitrogen and oxygen atoms in total. The molecule has 0 bridgehead atoms. The van der Waals surface area contributed by atoms with E-state index in [9.17, 15) is 65.7 Å². The number of aromatic amines is 2. The summed E-state index contributed by atoms with van der Waals surface area (Å²) in [6, 6.07) is 11.9. The van der Waals surface area contributed by atoms with Gasteiger partial charge in [0.15, 0.2) is 0 Å². The van der Waals surface area contributed by atoms with E-state index in [1.54, 1.807) is 9.66 Å². The molecule has 5 aromatic rings. The minimum atomic E-state index is -3.94. The van der Waals surface area contributed by atoms with Crippen LogP contribution in [-0.2, 0) is 26.5 Å². The number of rotatable bonds is 11. The molecule has 0 amide bonds. The SMILES string of the molecule is CS(=O)(=O)Nn1c(=O)[nH]c2cc([N+](=O)[O-])c(F)cc2c1=O.CS(=O)(=O)Nn1c(=O)[nH]c2cc([N+](=O)[O-])c(N[C@@H](CO)Cc3ccccc3)cc2c1=O. The van der Waals surface area contributed by atoms with Crippen molar-refractivity contribution >= 4 is 58.9 Å². The van der Waals surface area contributed by atoms with Crippen LogP contribution < -0.4 is 37.5 Å². The Hall–Kier alpha value is -6.47. The van der Waals surface area contributed by atoms with Gasteiger partial charge in [0, 0.05) is 12.1 Å². The van der Waals surface area contributed by atoms with E-state index < -0.39 is 81.0 Å². The van der Waals surface area contributed by atoms with Crippen LogP contribution in [0, 0.1) is 26.0 Å². The van der Waals surface area contributed by atoms with Crippen molar-refractivity contribution in [2.75, 3.05) is 34.1 Å². The van der Waals surface area contributed by atoms with Crippen LogP contribution in [0.15, 0.2) is 73.8 Å². The van der Waals surface area contributed by atoms with Crippen molar-refractivity contribution in [3.05, 3.63) is 128 Å². The van der Waals surface area contributed by atoms with Gasteiger partial charge in [-0.2, -0.15) is 13.7 Å². The van der Waals surface area contributed by atoms with E-state index >= 15 is 0 Å². The summed E-state index contributed by atoms with van der Waals surface area (Å²) in [7, 11) is -7.88. The quantitative estimate of drug-likeness (QED) is 0.0719. The highest BCUT2D eigenvalue weighted by Gasteiger charge is 2.22. The predicted molar refractivity (Wildman–Crippen MR) is 184 cm³/mol. The zero-order valence-electron chi connectivity index (χ0n) is 26.5. The second-order valence-corrected chi connectivity index (χ2v) is 14.3. The summed E-state index contributed by atoms with van der Waals surface area (Å²) < 4.78 is 58.9. The topological polar surface area (TPSA) is 321 Å². The third-order valence-corrected chi connectivity index (χ3v) is 7.82. The van der Waals surface area contributed by atoms with Crippen molar-refractivity contribution in [2.24, 2.45) is 0 Å². The number of aromatic nitrogens is 4. The number of aliphatic hydroxyl groups is 1. The number of nitrogens with zero attached hydrogens (tertiary/aromatic N) is 4. The first-order chi connectivity index (χ1) is 24.2. The summed E-state index contributed by atoms with van der Waals surface area (Å²) in [5, 5.41) is 34.1. The number of halogens is 1. The maximum Gasteiger partial charge on any atom is 0.348 e. The average Bonchev–Trinajstić information content (AvgIpc) is 3.04. The van der Waals surface area contributed by atoms with Crippen LogP contribution in [0.5, 0.6) is 0 Å². The van der Waals surface area contributed by atoms with E-state index in [1.807, 2.05) is 30.3 Å². The second kappa shape index (κ2) is 14.8. The number of benzene rings is 3. The minimum absolute atomic E-state index is 0.0671. The molecular weight excluding hydrogens is 741 g/mol. The Morgan fingerprint density at radius 3 is 1.69 bits per heavy atom. The molecular formula is C27H26FN9O13S2. The number of hydrogen-bond donors (Lipinski definition) is 6. The summed E-state index contributed by atoms with van der Waals surface area (Å²) in [6.45, 7) is -0.352. The van der Waals surface area contributed by atoms with Crippen LogP contribution in [0.2, 0.25) is 0 Å². The number of H-pyrrole nitrogens is 2. The van der Waals surface area contributed by atoms with Gasteiger partial charge < -0.3 is 20.4 Å². The van der Waals surface area contributed by atoms with Gasteiger partial charge in [0.05, 0.1) is 56.8 Å². The van der Waals surface area contributed by atoms with Crippen molar-refractivity contribution in [3.8, 4) is 0 Å². The van der Waals surface area contributed by atoms with Crippen molar-refractivity contribution in [3.63, 3.8) is 0 Å². The number of nitrogens with one attached hydrogen (secondary N) is 5.